The number of hydrogen-bond donors (Lipinski definition) is 0. The number of ether oxygens (including phenoxy) is 1. The lowest BCUT2D eigenvalue weighted by Crippen LogP contribution is -1.95. The van der Waals surface area contributed by atoms with Crippen LogP contribution in [-0.4, -0.2) is 16.7 Å². The Morgan fingerprint density at radius 2 is 2.39 bits per heavy atom. The van der Waals surface area contributed by atoms with Gasteiger partial charge in [0.25, 0.3) is 0 Å². The summed E-state index contributed by atoms with van der Waals surface area (Å²) in [5.41, 5.74) is 10.8. The zero-order valence-corrected chi connectivity index (χ0v) is 9.95. The van der Waals surface area contributed by atoms with Crippen molar-refractivity contribution < 1.29 is 4.74 Å². The van der Waals surface area contributed by atoms with E-state index in [1.165, 1.54) is 7.11 Å². The third kappa shape index (κ3) is 1.71. The van der Waals surface area contributed by atoms with Gasteiger partial charge in [-0.3, -0.25) is 0 Å². The Morgan fingerprint density at radius 1 is 1.61 bits per heavy atom. The van der Waals surface area contributed by atoms with Gasteiger partial charge in [-0.05, 0) is 11.6 Å². The van der Waals surface area contributed by atoms with Crippen molar-refractivity contribution in [3.8, 4) is 11.9 Å². The molecule has 0 unspecified atom stereocenters. The summed E-state index contributed by atoms with van der Waals surface area (Å²) in [7, 11) is 3.32. The molecule has 0 bridgehead atoms. The van der Waals surface area contributed by atoms with Gasteiger partial charge in [0.05, 0.1) is 24.7 Å². The van der Waals surface area contributed by atoms with Gasteiger partial charge in [0.2, 0.25) is 5.88 Å². The minimum Gasteiger partial charge on any atom is -0.481 e. The summed E-state index contributed by atoms with van der Waals surface area (Å²) < 4.78 is 6.84. The molecule has 0 fully saturated rings. The Labute approximate surface area is 103 Å². The first-order chi connectivity index (χ1) is 8.72. The van der Waals surface area contributed by atoms with Gasteiger partial charge in [0.1, 0.15) is 11.6 Å². The number of aryl methyl sites for hydroxylation is 1. The van der Waals surface area contributed by atoms with Gasteiger partial charge in [-0.1, -0.05) is 5.11 Å². The normalized spacial score (nSPS) is 9.83. The predicted molar refractivity (Wildman–Crippen MR) is 64.8 cm³/mol. The molecule has 0 amide bonds. The molecule has 7 nitrogen and oxygen atoms in total. The van der Waals surface area contributed by atoms with Crippen molar-refractivity contribution in [2.75, 3.05) is 7.11 Å². The van der Waals surface area contributed by atoms with Crippen molar-refractivity contribution in [3.63, 3.8) is 0 Å². The van der Waals surface area contributed by atoms with Crippen LogP contribution in [0.5, 0.6) is 5.88 Å². The number of rotatable bonds is 3. The van der Waals surface area contributed by atoms with E-state index in [2.05, 4.69) is 21.1 Å². The maximum absolute atomic E-state index is 9.21. The first-order valence-electron chi connectivity index (χ1n) is 5.16. The lowest BCUT2D eigenvalue weighted by atomic mass is 10.2. The Morgan fingerprint density at radius 3 is 3.00 bits per heavy atom. The lowest BCUT2D eigenvalue weighted by Gasteiger charge is -2.00. The predicted octanol–water partition coefficient (Wildman–Crippen LogP) is 2.26. The SMILES string of the molecule is COc1ccc2c(n1)c(C#N)c(CN=[N+]=[N-])n2C. The molecule has 90 valence electrons. The molecule has 2 aromatic heterocycles. The molecular formula is C11H10N6O. The fourth-order valence-corrected chi connectivity index (χ4v) is 1.85. The zero-order chi connectivity index (χ0) is 13.1. The second-order valence-corrected chi connectivity index (χ2v) is 3.60. The molecule has 0 aliphatic rings. The molecule has 2 aromatic rings. The topological polar surface area (TPSA) is 99.6 Å². The van der Waals surface area contributed by atoms with E-state index in [-0.39, 0.29) is 6.54 Å². The van der Waals surface area contributed by atoms with Crippen molar-refractivity contribution in [3.05, 3.63) is 33.8 Å². The van der Waals surface area contributed by atoms with Crippen LogP contribution in [-0.2, 0) is 13.6 Å². The van der Waals surface area contributed by atoms with Crippen LogP contribution in [0.1, 0.15) is 11.3 Å². The third-order valence-electron chi connectivity index (χ3n) is 2.74. The van der Waals surface area contributed by atoms with Crippen molar-refractivity contribution in [2.24, 2.45) is 12.2 Å². The standard InChI is InChI=1S/C11H10N6O/c1-17-8-3-4-10(18-2)15-11(8)7(5-12)9(17)6-14-16-13/h3-4H,6H2,1-2H3. The van der Waals surface area contributed by atoms with Crippen LogP contribution in [0.2, 0.25) is 0 Å². The number of aromatic nitrogens is 2. The van der Waals surface area contributed by atoms with Gasteiger partial charge in [-0.15, -0.1) is 0 Å². The van der Waals surface area contributed by atoms with Gasteiger partial charge in [0, 0.05) is 23.7 Å². The van der Waals surface area contributed by atoms with E-state index in [0.717, 1.165) is 5.52 Å². The van der Waals surface area contributed by atoms with Crippen LogP contribution < -0.4 is 4.74 Å². The van der Waals surface area contributed by atoms with Crippen LogP contribution in [0.25, 0.3) is 21.5 Å². The number of pyridine rings is 1. The monoisotopic (exact) mass is 242 g/mol. The molecule has 2 heterocycles. The third-order valence-corrected chi connectivity index (χ3v) is 2.74. The van der Waals surface area contributed by atoms with Gasteiger partial charge >= 0.3 is 0 Å². The van der Waals surface area contributed by atoms with Crippen molar-refractivity contribution in [1.29, 1.82) is 5.26 Å². The first-order valence-corrected chi connectivity index (χ1v) is 5.16. The zero-order valence-electron chi connectivity index (χ0n) is 9.95. The maximum atomic E-state index is 9.21. The highest BCUT2D eigenvalue weighted by Gasteiger charge is 2.16. The summed E-state index contributed by atoms with van der Waals surface area (Å²) in [5.74, 6) is 0.444. The van der Waals surface area contributed by atoms with E-state index >= 15 is 0 Å². The van der Waals surface area contributed by atoms with Crippen LogP contribution in [0.4, 0.5) is 0 Å². The largest absolute Gasteiger partial charge is 0.481 e. The smallest absolute Gasteiger partial charge is 0.213 e. The summed E-state index contributed by atoms with van der Waals surface area (Å²) in [6.07, 6.45) is 0. The average molecular weight is 242 g/mol. The highest BCUT2D eigenvalue weighted by atomic mass is 16.5. The van der Waals surface area contributed by atoms with Gasteiger partial charge < -0.3 is 9.30 Å². The van der Waals surface area contributed by atoms with Crippen molar-refractivity contribution >= 4 is 11.0 Å². The summed E-state index contributed by atoms with van der Waals surface area (Å²) in [6.45, 7) is 0.120. The number of nitrogens with zero attached hydrogens (tertiary/aromatic N) is 6. The Balaban J connectivity index is 2.75. The second-order valence-electron chi connectivity index (χ2n) is 3.60. The fourth-order valence-electron chi connectivity index (χ4n) is 1.85. The number of nitriles is 1. The Bertz CT molecular complexity index is 690. The summed E-state index contributed by atoms with van der Waals surface area (Å²) in [5, 5.41) is 12.7. The summed E-state index contributed by atoms with van der Waals surface area (Å²) in [6, 6.07) is 5.64. The molecular weight excluding hydrogens is 232 g/mol. The highest BCUT2D eigenvalue weighted by molar-refractivity contribution is 5.84. The van der Waals surface area contributed by atoms with E-state index in [4.69, 9.17) is 10.3 Å². The average Bonchev–Trinajstić information content (AvgIpc) is 2.68. The molecule has 18 heavy (non-hydrogen) atoms. The minimum atomic E-state index is 0.120. The lowest BCUT2D eigenvalue weighted by molar-refractivity contribution is 0.399. The molecule has 0 aliphatic carbocycles. The molecule has 0 spiro atoms. The molecule has 0 N–H and O–H groups in total. The molecule has 0 saturated heterocycles. The highest BCUT2D eigenvalue weighted by Crippen LogP contribution is 2.25. The molecule has 2 rings (SSSR count). The number of methoxy groups -OCH3 is 1. The Hall–Kier alpha value is -2.71. The second kappa shape index (κ2) is 4.65. The molecule has 7 heteroatoms. The molecule has 0 atom stereocenters. The van der Waals surface area contributed by atoms with E-state index in [1.54, 1.807) is 17.7 Å². The van der Waals surface area contributed by atoms with Crippen molar-refractivity contribution in [1.82, 2.24) is 9.55 Å². The Kier molecular flexibility index (Phi) is 3.04. The van der Waals surface area contributed by atoms with E-state index in [0.29, 0.717) is 22.7 Å². The van der Waals surface area contributed by atoms with Gasteiger partial charge in [-0.25, -0.2) is 4.98 Å². The molecule has 0 aliphatic heterocycles. The van der Waals surface area contributed by atoms with Gasteiger partial charge in [-0.2, -0.15) is 5.26 Å². The first kappa shape index (κ1) is 11.8. The number of fused-ring (bicyclic) bond motifs is 1. The minimum absolute atomic E-state index is 0.120. The van der Waals surface area contributed by atoms with E-state index in [9.17, 15) is 5.26 Å². The van der Waals surface area contributed by atoms with E-state index in [1.807, 2.05) is 6.07 Å². The van der Waals surface area contributed by atoms with Crippen LogP contribution in [0, 0.1) is 11.3 Å². The van der Waals surface area contributed by atoms with E-state index < -0.39 is 0 Å². The molecule has 0 aromatic carbocycles. The maximum Gasteiger partial charge on any atom is 0.213 e. The number of hydrogen-bond acceptors (Lipinski definition) is 4. The molecule has 0 saturated carbocycles. The fraction of sp³-hybridized carbons (Fsp3) is 0.273. The number of azide groups is 1. The quantitative estimate of drug-likeness (QED) is 0.468. The summed E-state index contributed by atoms with van der Waals surface area (Å²) in [4.78, 5) is 6.96. The van der Waals surface area contributed by atoms with Crippen LogP contribution in [0.15, 0.2) is 17.2 Å². The molecule has 0 radical (unpaired) electrons. The van der Waals surface area contributed by atoms with Crippen LogP contribution >= 0.6 is 0 Å². The van der Waals surface area contributed by atoms with Crippen LogP contribution in [0.3, 0.4) is 0 Å². The van der Waals surface area contributed by atoms with Crippen molar-refractivity contribution in [2.45, 2.75) is 6.54 Å². The van der Waals surface area contributed by atoms with Gasteiger partial charge in [0.15, 0.2) is 0 Å². The summed E-state index contributed by atoms with van der Waals surface area (Å²) >= 11 is 0.